The number of piperidine rings is 1. The average Bonchev–Trinajstić information content (AvgIpc) is 2.93. The maximum absolute atomic E-state index is 12.9. The van der Waals surface area contributed by atoms with Crippen LogP contribution < -0.4 is 0 Å². The van der Waals surface area contributed by atoms with Crippen molar-refractivity contribution in [1.82, 2.24) is 9.80 Å². The van der Waals surface area contributed by atoms with Gasteiger partial charge in [-0.25, -0.2) is 0 Å². The zero-order chi connectivity index (χ0) is 19.6. The Balaban J connectivity index is 1.76. The van der Waals surface area contributed by atoms with Crippen LogP contribution >= 0.6 is 0 Å². The summed E-state index contributed by atoms with van der Waals surface area (Å²) in [6.45, 7) is 1.92. The Hall–Kier alpha value is -3.27. The van der Waals surface area contributed by atoms with E-state index in [2.05, 4.69) is 6.07 Å². The third-order valence-electron chi connectivity index (χ3n) is 4.94. The third kappa shape index (κ3) is 3.26. The summed E-state index contributed by atoms with van der Waals surface area (Å²) in [6, 6.07) is 7.55. The van der Waals surface area contributed by atoms with Crippen molar-refractivity contribution in [3.63, 3.8) is 0 Å². The first kappa shape index (κ1) is 18.5. The van der Waals surface area contributed by atoms with Gasteiger partial charge in [0.2, 0.25) is 5.91 Å². The maximum Gasteiger partial charge on any atom is 0.262 e. The molecule has 4 amide bonds. The molecular weight excluding hydrogens is 346 g/mol. The Morgan fingerprint density at radius 3 is 2.37 bits per heavy atom. The zero-order valence-electron chi connectivity index (χ0n) is 15.0. The van der Waals surface area contributed by atoms with Crippen molar-refractivity contribution in [3.05, 3.63) is 47.0 Å². The largest absolute Gasteiger partial charge is 0.281 e. The van der Waals surface area contributed by atoms with Crippen LogP contribution in [0.2, 0.25) is 0 Å². The first-order chi connectivity index (χ1) is 13.0. The second kappa shape index (κ2) is 7.54. The van der Waals surface area contributed by atoms with Gasteiger partial charge in [0.15, 0.2) is 0 Å². The number of amides is 4. The molecule has 0 bridgehead atoms. The van der Waals surface area contributed by atoms with Gasteiger partial charge in [0, 0.05) is 18.5 Å². The van der Waals surface area contributed by atoms with Gasteiger partial charge in [0.1, 0.15) is 6.04 Å². The van der Waals surface area contributed by atoms with E-state index in [4.69, 9.17) is 5.26 Å². The number of allylic oxidation sites excluding steroid dienone is 2. The number of benzene rings is 1. The number of hydrogen-bond acceptors (Lipinski definition) is 5. The molecule has 0 aliphatic carbocycles. The molecule has 0 aromatic heterocycles. The van der Waals surface area contributed by atoms with E-state index < -0.39 is 23.8 Å². The SMILES string of the molecule is C/C=C(\C#N)CCCN1C(=O)CC[C@@H](N2C(=O)c3ccccc3C2=O)C1=O. The minimum absolute atomic E-state index is 0.0958. The molecule has 7 nitrogen and oxygen atoms in total. The van der Waals surface area contributed by atoms with Gasteiger partial charge < -0.3 is 0 Å². The van der Waals surface area contributed by atoms with Gasteiger partial charge >= 0.3 is 0 Å². The van der Waals surface area contributed by atoms with Crippen LogP contribution in [0.3, 0.4) is 0 Å². The second-order valence-electron chi connectivity index (χ2n) is 6.49. The zero-order valence-corrected chi connectivity index (χ0v) is 15.0. The number of nitrogens with zero attached hydrogens (tertiary/aromatic N) is 3. The van der Waals surface area contributed by atoms with Gasteiger partial charge in [-0.15, -0.1) is 0 Å². The van der Waals surface area contributed by atoms with E-state index in [-0.39, 0.29) is 36.4 Å². The lowest BCUT2D eigenvalue weighted by Gasteiger charge is -2.34. The first-order valence-corrected chi connectivity index (χ1v) is 8.86. The lowest BCUT2D eigenvalue weighted by molar-refractivity contribution is -0.151. The van der Waals surface area contributed by atoms with Gasteiger partial charge in [-0.1, -0.05) is 18.2 Å². The van der Waals surface area contributed by atoms with E-state index in [9.17, 15) is 19.2 Å². The van der Waals surface area contributed by atoms with Crippen LogP contribution in [0.5, 0.6) is 0 Å². The maximum atomic E-state index is 12.9. The normalized spacial score (nSPS) is 20.1. The van der Waals surface area contributed by atoms with Crippen molar-refractivity contribution in [1.29, 1.82) is 5.26 Å². The Morgan fingerprint density at radius 1 is 1.19 bits per heavy atom. The monoisotopic (exact) mass is 365 g/mol. The summed E-state index contributed by atoms with van der Waals surface area (Å²) in [6.07, 6.45) is 2.85. The molecule has 2 aliphatic heterocycles. The standard InChI is InChI=1S/C20H19N3O4/c1-2-13(12-21)6-5-11-22-17(24)10-9-16(20(22)27)23-18(25)14-7-3-4-8-15(14)19(23)26/h2-4,7-8,16H,5-6,9-11H2,1H3/b13-2-/t16-/m1/s1. The summed E-state index contributed by atoms with van der Waals surface area (Å²) in [4.78, 5) is 52.4. The lowest BCUT2D eigenvalue weighted by atomic mass is 10.0. The molecule has 0 N–H and O–H groups in total. The van der Waals surface area contributed by atoms with Crippen molar-refractivity contribution in [2.45, 2.75) is 38.6 Å². The molecule has 1 aromatic rings. The van der Waals surface area contributed by atoms with Crippen LogP contribution in [0.1, 0.15) is 53.3 Å². The molecule has 1 aromatic carbocycles. The number of carbonyl (C=O) groups is 4. The molecule has 2 heterocycles. The summed E-state index contributed by atoms with van der Waals surface area (Å²) < 4.78 is 0. The number of nitriles is 1. The molecular formula is C20H19N3O4. The van der Waals surface area contributed by atoms with Crippen LogP contribution in [0.4, 0.5) is 0 Å². The smallest absolute Gasteiger partial charge is 0.262 e. The number of rotatable bonds is 5. The van der Waals surface area contributed by atoms with Crippen molar-refractivity contribution in [2.75, 3.05) is 6.54 Å². The van der Waals surface area contributed by atoms with Crippen molar-refractivity contribution < 1.29 is 19.2 Å². The quantitative estimate of drug-likeness (QED) is 0.587. The Bertz CT molecular complexity index is 862. The fraction of sp³-hybridized carbons (Fsp3) is 0.350. The van der Waals surface area contributed by atoms with Crippen LogP contribution in [-0.4, -0.2) is 46.0 Å². The molecule has 2 aliphatic rings. The van der Waals surface area contributed by atoms with Crippen molar-refractivity contribution in [2.24, 2.45) is 0 Å². The molecule has 0 unspecified atom stereocenters. The van der Waals surface area contributed by atoms with E-state index in [0.29, 0.717) is 18.4 Å². The van der Waals surface area contributed by atoms with Crippen LogP contribution in [0.25, 0.3) is 0 Å². The molecule has 138 valence electrons. The van der Waals surface area contributed by atoms with Crippen LogP contribution in [-0.2, 0) is 9.59 Å². The first-order valence-electron chi connectivity index (χ1n) is 8.86. The Labute approximate surface area is 156 Å². The summed E-state index contributed by atoms with van der Waals surface area (Å²) in [5.74, 6) is -1.83. The van der Waals surface area contributed by atoms with Crippen LogP contribution in [0, 0.1) is 11.3 Å². The van der Waals surface area contributed by atoms with Crippen LogP contribution in [0.15, 0.2) is 35.9 Å². The minimum atomic E-state index is -0.966. The fourth-order valence-electron chi connectivity index (χ4n) is 3.48. The third-order valence-corrected chi connectivity index (χ3v) is 4.94. The number of hydrogen-bond donors (Lipinski definition) is 0. The molecule has 0 radical (unpaired) electrons. The molecule has 1 fully saturated rings. The molecule has 1 atom stereocenters. The minimum Gasteiger partial charge on any atom is -0.281 e. The summed E-state index contributed by atoms with van der Waals surface area (Å²) in [5, 5.41) is 8.95. The molecule has 1 saturated heterocycles. The molecule has 3 rings (SSSR count). The van der Waals surface area contributed by atoms with Crippen molar-refractivity contribution >= 4 is 23.6 Å². The van der Waals surface area contributed by atoms with E-state index >= 15 is 0 Å². The molecule has 0 spiro atoms. The predicted octanol–water partition coefficient (Wildman–Crippen LogP) is 2.05. The van der Waals surface area contributed by atoms with Gasteiger partial charge in [-0.2, -0.15) is 5.26 Å². The highest BCUT2D eigenvalue weighted by molar-refractivity contribution is 6.23. The van der Waals surface area contributed by atoms with E-state index in [0.717, 1.165) is 9.80 Å². The highest BCUT2D eigenvalue weighted by Gasteiger charge is 2.46. The molecule has 27 heavy (non-hydrogen) atoms. The topological polar surface area (TPSA) is 98.5 Å². The van der Waals surface area contributed by atoms with E-state index in [1.165, 1.54) is 0 Å². The average molecular weight is 365 g/mol. The van der Waals surface area contributed by atoms with Crippen molar-refractivity contribution in [3.8, 4) is 6.07 Å². The lowest BCUT2D eigenvalue weighted by Crippen LogP contribution is -2.56. The van der Waals surface area contributed by atoms with E-state index in [1.807, 2.05) is 0 Å². The van der Waals surface area contributed by atoms with Gasteiger partial charge in [-0.3, -0.25) is 29.0 Å². The van der Waals surface area contributed by atoms with Gasteiger partial charge in [0.05, 0.1) is 17.2 Å². The summed E-state index contributed by atoms with van der Waals surface area (Å²) in [5.41, 5.74) is 1.15. The van der Waals surface area contributed by atoms with Gasteiger partial charge in [-0.05, 0) is 38.3 Å². The highest BCUT2D eigenvalue weighted by atomic mass is 16.2. The highest BCUT2D eigenvalue weighted by Crippen LogP contribution is 2.29. The number of carbonyl (C=O) groups excluding carboxylic acids is 4. The van der Waals surface area contributed by atoms with E-state index in [1.54, 1.807) is 37.3 Å². The van der Waals surface area contributed by atoms with Gasteiger partial charge in [0.25, 0.3) is 17.7 Å². The number of imide groups is 2. The second-order valence-corrected chi connectivity index (χ2v) is 6.49. The Kier molecular flexibility index (Phi) is 5.17. The number of fused-ring (bicyclic) bond motifs is 1. The Morgan fingerprint density at radius 2 is 1.81 bits per heavy atom. The summed E-state index contributed by atoms with van der Waals surface area (Å²) in [7, 11) is 0. The predicted molar refractivity (Wildman–Crippen MR) is 95.3 cm³/mol. The molecule has 7 heteroatoms. The number of likely N-dealkylation sites (tertiary alicyclic amines) is 1. The summed E-state index contributed by atoms with van der Waals surface area (Å²) >= 11 is 0. The molecule has 0 saturated carbocycles. The fourth-order valence-corrected chi connectivity index (χ4v) is 3.48.